The van der Waals surface area contributed by atoms with Crippen LogP contribution in [0.5, 0.6) is 11.5 Å². The lowest BCUT2D eigenvalue weighted by atomic mass is 10.1. The number of hydrogen-bond acceptors (Lipinski definition) is 8. The fraction of sp³-hybridized carbons (Fsp3) is 0.379. The van der Waals surface area contributed by atoms with Gasteiger partial charge in [0.2, 0.25) is 6.79 Å². The highest BCUT2D eigenvalue weighted by Crippen LogP contribution is 2.36. The van der Waals surface area contributed by atoms with Crippen LogP contribution >= 0.6 is 24.0 Å². The van der Waals surface area contributed by atoms with Gasteiger partial charge < -0.3 is 14.8 Å². The van der Waals surface area contributed by atoms with Crippen molar-refractivity contribution in [2.75, 3.05) is 18.7 Å². The number of rotatable bonds is 11. The number of unbranched alkanes of at least 4 members (excludes halogenated alkanes) is 5. The van der Waals surface area contributed by atoms with Crippen LogP contribution in [0.4, 0.5) is 5.82 Å². The Balaban J connectivity index is 1.39. The molecule has 204 valence electrons. The second-order valence-electron chi connectivity index (χ2n) is 9.76. The summed E-state index contributed by atoms with van der Waals surface area (Å²) in [6.07, 6.45) is 10.4. The number of nitrogens with zero attached hydrogens (tertiary/aromatic N) is 3. The van der Waals surface area contributed by atoms with Crippen molar-refractivity contribution >= 4 is 51.7 Å². The zero-order chi connectivity index (χ0) is 27.4. The fourth-order valence-corrected chi connectivity index (χ4v) is 5.86. The van der Waals surface area contributed by atoms with Crippen molar-refractivity contribution in [3.05, 3.63) is 68.5 Å². The summed E-state index contributed by atoms with van der Waals surface area (Å²) >= 11 is 6.75. The molecule has 39 heavy (non-hydrogen) atoms. The minimum Gasteiger partial charge on any atom is -0.454 e. The van der Waals surface area contributed by atoms with Gasteiger partial charge in [0.15, 0.2) is 11.5 Å². The molecule has 1 N–H and O–H groups in total. The number of nitrogens with one attached hydrogen (secondary N) is 1. The van der Waals surface area contributed by atoms with Crippen molar-refractivity contribution in [1.82, 2.24) is 14.3 Å². The van der Waals surface area contributed by atoms with Gasteiger partial charge in [0.05, 0.1) is 17.0 Å². The third-order valence-corrected chi connectivity index (χ3v) is 8.13. The molecule has 0 unspecified atom stereocenters. The van der Waals surface area contributed by atoms with Gasteiger partial charge in [-0.1, -0.05) is 75.1 Å². The molecule has 2 aromatic heterocycles. The number of benzene rings is 1. The summed E-state index contributed by atoms with van der Waals surface area (Å²) in [5, 5.41) is 3.36. The topological polar surface area (TPSA) is 85.2 Å². The van der Waals surface area contributed by atoms with Crippen molar-refractivity contribution in [1.29, 1.82) is 0 Å². The predicted octanol–water partition coefficient (Wildman–Crippen LogP) is 5.91. The Hall–Kier alpha value is -3.37. The summed E-state index contributed by atoms with van der Waals surface area (Å²) < 4.78 is 12.8. The first-order valence-corrected chi connectivity index (χ1v) is 14.6. The number of anilines is 1. The van der Waals surface area contributed by atoms with Gasteiger partial charge in [-0.15, -0.1) is 0 Å². The Kier molecular flexibility index (Phi) is 8.52. The van der Waals surface area contributed by atoms with Crippen LogP contribution in [-0.4, -0.2) is 37.8 Å². The number of carbonyl (C=O) groups excluding carboxylic acids is 1. The first-order valence-electron chi connectivity index (χ1n) is 13.4. The first-order chi connectivity index (χ1) is 18.9. The SMILES string of the molecule is CCCCCCCCNc1nc2ccc(C)cn2c(=O)c1/C=C1/SC(=S)N(Cc2ccc3c(c2)OCO3)C1=O. The number of pyridine rings is 1. The standard InChI is InChI=1S/C29H32N4O4S2/c1-3-4-5-6-7-8-13-30-26-21(27(34)32-16-19(2)9-12-25(32)31-26)15-24-28(35)33(29(38)39-24)17-20-10-11-22-23(14-20)37-18-36-22/h9-12,14-16,30H,3-8,13,17-18H2,1-2H3/b24-15+. The van der Waals surface area contributed by atoms with Crippen molar-refractivity contribution in [3.63, 3.8) is 0 Å². The van der Waals surface area contributed by atoms with Gasteiger partial charge in [0, 0.05) is 12.7 Å². The lowest BCUT2D eigenvalue weighted by Crippen LogP contribution is -2.27. The summed E-state index contributed by atoms with van der Waals surface area (Å²) in [7, 11) is 0. The molecule has 8 nitrogen and oxygen atoms in total. The Morgan fingerprint density at radius 3 is 2.72 bits per heavy atom. The van der Waals surface area contributed by atoms with E-state index in [4.69, 9.17) is 26.7 Å². The Bertz CT molecular complexity index is 1500. The third-order valence-electron chi connectivity index (χ3n) is 6.75. The number of hydrogen-bond donors (Lipinski definition) is 1. The minimum atomic E-state index is -0.238. The summed E-state index contributed by atoms with van der Waals surface area (Å²) in [4.78, 5) is 33.7. The lowest BCUT2D eigenvalue weighted by molar-refractivity contribution is -0.122. The highest BCUT2D eigenvalue weighted by atomic mass is 32.2. The van der Waals surface area contributed by atoms with E-state index in [9.17, 15) is 9.59 Å². The molecule has 2 aliphatic rings. The molecule has 0 saturated carbocycles. The second kappa shape index (κ2) is 12.2. The van der Waals surface area contributed by atoms with Crippen LogP contribution in [0.15, 0.2) is 46.2 Å². The Labute approximate surface area is 237 Å². The van der Waals surface area contributed by atoms with Gasteiger partial charge >= 0.3 is 0 Å². The zero-order valence-electron chi connectivity index (χ0n) is 22.2. The molecule has 0 aliphatic carbocycles. The van der Waals surface area contributed by atoms with E-state index in [0.29, 0.717) is 50.8 Å². The van der Waals surface area contributed by atoms with Crippen LogP contribution in [0, 0.1) is 6.92 Å². The van der Waals surface area contributed by atoms with Crippen molar-refractivity contribution in [3.8, 4) is 11.5 Å². The van der Waals surface area contributed by atoms with Crippen LogP contribution in [0.25, 0.3) is 11.7 Å². The van der Waals surface area contributed by atoms with E-state index in [1.54, 1.807) is 17.2 Å². The summed E-state index contributed by atoms with van der Waals surface area (Å²) in [5.41, 5.74) is 2.51. The number of aryl methyl sites for hydroxylation is 1. The van der Waals surface area contributed by atoms with Gasteiger partial charge in [-0.25, -0.2) is 4.98 Å². The van der Waals surface area contributed by atoms with E-state index in [2.05, 4.69) is 12.2 Å². The van der Waals surface area contributed by atoms with Crippen LogP contribution in [0.3, 0.4) is 0 Å². The van der Waals surface area contributed by atoms with E-state index < -0.39 is 0 Å². The van der Waals surface area contributed by atoms with Crippen LogP contribution < -0.4 is 20.3 Å². The molecule has 1 amide bonds. The highest BCUT2D eigenvalue weighted by Gasteiger charge is 2.33. The Morgan fingerprint density at radius 2 is 1.87 bits per heavy atom. The van der Waals surface area contributed by atoms with E-state index in [-0.39, 0.29) is 18.3 Å². The number of fused-ring (bicyclic) bond motifs is 2. The number of ether oxygens (including phenoxy) is 2. The number of aromatic nitrogens is 2. The summed E-state index contributed by atoms with van der Waals surface area (Å²) in [5.74, 6) is 1.58. The van der Waals surface area contributed by atoms with Crippen LogP contribution in [-0.2, 0) is 11.3 Å². The number of thiocarbonyl (C=S) groups is 1. The predicted molar refractivity (Wildman–Crippen MR) is 159 cm³/mol. The monoisotopic (exact) mass is 564 g/mol. The smallest absolute Gasteiger partial charge is 0.267 e. The molecule has 1 fully saturated rings. The quantitative estimate of drug-likeness (QED) is 0.175. The molecule has 1 aromatic carbocycles. The normalized spacial score (nSPS) is 15.6. The molecule has 3 aromatic rings. The molecule has 1 saturated heterocycles. The van der Waals surface area contributed by atoms with Crippen LogP contribution in [0.2, 0.25) is 0 Å². The largest absolute Gasteiger partial charge is 0.454 e. The van der Waals surface area contributed by atoms with E-state index in [0.717, 1.165) is 24.0 Å². The molecule has 10 heteroatoms. The molecule has 5 rings (SSSR count). The van der Waals surface area contributed by atoms with E-state index in [1.165, 1.54) is 41.8 Å². The maximum absolute atomic E-state index is 13.6. The maximum Gasteiger partial charge on any atom is 0.267 e. The Morgan fingerprint density at radius 1 is 1.08 bits per heavy atom. The van der Waals surface area contributed by atoms with Gasteiger partial charge in [-0.2, -0.15) is 0 Å². The molecule has 0 bridgehead atoms. The number of amides is 1. The summed E-state index contributed by atoms with van der Waals surface area (Å²) in [6.45, 7) is 5.33. The van der Waals surface area contributed by atoms with Crippen molar-refractivity contribution in [2.24, 2.45) is 0 Å². The van der Waals surface area contributed by atoms with Crippen molar-refractivity contribution < 1.29 is 14.3 Å². The summed E-state index contributed by atoms with van der Waals surface area (Å²) in [6, 6.07) is 9.34. The first kappa shape index (κ1) is 27.2. The average Bonchev–Trinajstić information content (AvgIpc) is 3.50. The molecular formula is C29H32N4O4S2. The molecule has 2 aliphatic heterocycles. The molecule has 0 atom stereocenters. The second-order valence-corrected chi connectivity index (χ2v) is 11.4. The van der Waals surface area contributed by atoms with Gasteiger partial charge in [-0.3, -0.25) is 18.9 Å². The molecule has 4 heterocycles. The van der Waals surface area contributed by atoms with Crippen LogP contribution in [0.1, 0.15) is 62.1 Å². The van der Waals surface area contributed by atoms with E-state index in [1.807, 2.05) is 37.3 Å². The van der Waals surface area contributed by atoms with Gasteiger partial charge in [-0.05, 0) is 48.7 Å². The number of thioether (sulfide) groups is 1. The highest BCUT2D eigenvalue weighted by molar-refractivity contribution is 8.26. The fourth-order valence-electron chi connectivity index (χ4n) is 4.62. The minimum absolute atomic E-state index is 0.187. The maximum atomic E-state index is 13.6. The third kappa shape index (κ3) is 6.12. The molecule has 0 radical (unpaired) electrons. The van der Waals surface area contributed by atoms with E-state index >= 15 is 0 Å². The van der Waals surface area contributed by atoms with Crippen molar-refractivity contribution in [2.45, 2.75) is 58.9 Å². The van der Waals surface area contributed by atoms with Gasteiger partial charge in [0.25, 0.3) is 11.5 Å². The van der Waals surface area contributed by atoms with Gasteiger partial charge in [0.1, 0.15) is 15.8 Å². The zero-order valence-corrected chi connectivity index (χ0v) is 23.8. The lowest BCUT2D eigenvalue weighted by Gasteiger charge is -2.15. The number of carbonyl (C=O) groups is 1. The average molecular weight is 565 g/mol. The molecule has 0 spiro atoms. The molecular weight excluding hydrogens is 532 g/mol.